The van der Waals surface area contributed by atoms with Crippen molar-refractivity contribution in [3.8, 4) is 0 Å². The Balaban J connectivity index is 3.65. The molecular formula is C9H20ClNO2S. The van der Waals surface area contributed by atoms with Gasteiger partial charge < -0.3 is 5.32 Å². The Bertz CT molecular complexity index is 239. The molecule has 0 aromatic heterocycles. The van der Waals surface area contributed by atoms with E-state index in [1.54, 1.807) is 13.8 Å². The standard InChI is InChI=1S/C9H20ClNO2S/c1-8(2)14(12,13)5-4-11-7-9(3)6-10/h8-9,11H,4-7H2,1-3H3. The summed E-state index contributed by atoms with van der Waals surface area (Å²) >= 11 is 5.61. The van der Waals surface area contributed by atoms with Gasteiger partial charge >= 0.3 is 0 Å². The van der Waals surface area contributed by atoms with E-state index in [1.165, 1.54) is 0 Å². The smallest absolute Gasteiger partial charge is 0.153 e. The van der Waals surface area contributed by atoms with Gasteiger partial charge in [0.15, 0.2) is 9.84 Å². The summed E-state index contributed by atoms with van der Waals surface area (Å²) in [5, 5.41) is 2.80. The lowest BCUT2D eigenvalue weighted by Gasteiger charge is -2.10. The fraction of sp³-hybridized carbons (Fsp3) is 1.00. The largest absolute Gasteiger partial charge is 0.315 e. The highest BCUT2D eigenvalue weighted by Crippen LogP contribution is 1.99. The zero-order chi connectivity index (χ0) is 11.2. The third kappa shape index (κ3) is 5.83. The second kappa shape index (κ2) is 6.64. The van der Waals surface area contributed by atoms with Crippen LogP contribution < -0.4 is 5.32 Å². The minimum Gasteiger partial charge on any atom is -0.315 e. The quantitative estimate of drug-likeness (QED) is 0.540. The molecular weight excluding hydrogens is 222 g/mol. The van der Waals surface area contributed by atoms with Crippen LogP contribution in [0.2, 0.25) is 0 Å². The Labute approximate surface area is 92.1 Å². The van der Waals surface area contributed by atoms with Crippen molar-refractivity contribution in [2.45, 2.75) is 26.0 Å². The molecule has 1 N–H and O–H groups in total. The first-order valence-corrected chi connectivity index (χ1v) is 7.13. The van der Waals surface area contributed by atoms with E-state index < -0.39 is 9.84 Å². The summed E-state index contributed by atoms with van der Waals surface area (Å²) in [4.78, 5) is 0. The molecule has 5 heteroatoms. The molecule has 0 saturated carbocycles. The number of nitrogens with one attached hydrogen (secondary N) is 1. The SMILES string of the molecule is CC(CCl)CNCCS(=O)(=O)C(C)C. The van der Waals surface area contributed by atoms with Crippen molar-refractivity contribution in [2.24, 2.45) is 5.92 Å². The molecule has 0 aromatic carbocycles. The average Bonchev–Trinajstić information content (AvgIpc) is 2.11. The maximum atomic E-state index is 11.4. The van der Waals surface area contributed by atoms with Crippen LogP contribution in [0.3, 0.4) is 0 Å². The lowest BCUT2D eigenvalue weighted by molar-refractivity contribution is 0.557. The number of sulfone groups is 1. The van der Waals surface area contributed by atoms with Crippen molar-refractivity contribution in [3.63, 3.8) is 0 Å². The van der Waals surface area contributed by atoms with Crippen molar-refractivity contribution < 1.29 is 8.42 Å². The predicted octanol–water partition coefficient (Wildman–Crippen LogP) is 1.27. The summed E-state index contributed by atoms with van der Waals surface area (Å²) < 4.78 is 22.8. The fourth-order valence-electron chi connectivity index (χ4n) is 0.853. The molecule has 0 aliphatic carbocycles. The average molecular weight is 242 g/mol. The molecule has 0 aliphatic rings. The lowest BCUT2D eigenvalue weighted by Crippen LogP contribution is -2.30. The Kier molecular flexibility index (Phi) is 6.74. The van der Waals surface area contributed by atoms with E-state index in [4.69, 9.17) is 11.6 Å². The Morgan fingerprint density at radius 3 is 2.29 bits per heavy atom. The predicted molar refractivity (Wildman–Crippen MR) is 61.7 cm³/mol. The van der Waals surface area contributed by atoms with Crippen LogP contribution in [0.5, 0.6) is 0 Å². The van der Waals surface area contributed by atoms with Gasteiger partial charge in [-0.05, 0) is 26.3 Å². The number of hydrogen-bond donors (Lipinski definition) is 1. The van der Waals surface area contributed by atoms with Crippen molar-refractivity contribution in [2.75, 3.05) is 24.7 Å². The van der Waals surface area contributed by atoms with Crippen LogP contribution in [0.15, 0.2) is 0 Å². The maximum Gasteiger partial charge on any atom is 0.153 e. The molecule has 0 rings (SSSR count). The van der Waals surface area contributed by atoms with Gasteiger partial charge in [-0.2, -0.15) is 0 Å². The second-order valence-electron chi connectivity index (χ2n) is 3.88. The van der Waals surface area contributed by atoms with Crippen LogP contribution in [0, 0.1) is 5.92 Å². The molecule has 1 atom stereocenters. The van der Waals surface area contributed by atoms with Crippen molar-refractivity contribution in [3.05, 3.63) is 0 Å². The van der Waals surface area contributed by atoms with Gasteiger partial charge in [0.25, 0.3) is 0 Å². The van der Waals surface area contributed by atoms with Crippen molar-refractivity contribution in [1.82, 2.24) is 5.32 Å². The Morgan fingerprint density at radius 2 is 1.86 bits per heavy atom. The molecule has 3 nitrogen and oxygen atoms in total. The number of halogens is 1. The monoisotopic (exact) mass is 241 g/mol. The van der Waals surface area contributed by atoms with Crippen molar-refractivity contribution >= 4 is 21.4 Å². The van der Waals surface area contributed by atoms with Crippen LogP contribution in [0.1, 0.15) is 20.8 Å². The first-order valence-electron chi connectivity index (χ1n) is 4.88. The van der Waals surface area contributed by atoms with Gasteiger partial charge in [-0.1, -0.05) is 6.92 Å². The van der Waals surface area contributed by atoms with Gasteiger partial charge in [0.1, 0.15) is 0 Å². The molecule has 0 radical (unpaired) electrons. The van der Waals surface area contributed by atoms with Gasteiger partial charge in [-0.25, -0.2) is 8.42 Å². The van der Waals surface area contributed by atoms with E-state index >= 15 is 0 Å². The Morgan fingerprint density at radius 1 is 1.29 bits per heavy atom. The van der Waals surface area contributed by atoms with E-state index in [0.29, 0.717) is 18.3 Å². The van der Waals surface area contributed by atoms with Gasteiger partial charge in [-0.15, -0.1) is 11.6 Å². The van der Waals surface area contributed by atoms with Gasteiger partial charge in [-0.3, -0.25) is 0 Å². The molecule has 0 saturated heterocycles. The molecule has 86 valence electrons. The highest BCUT2D eigenvalue weighted by atomic mass is 35.5. The molecule has 0 spiro atoms. The van der Waals surface area contributed by atoms with Crippen LogP contribution >= 0.6 is 11.6 Å². The molecule has 0 amide bonds. The molecule has 1 unspecified atom stereocenters. The number of alkyl halides is 1. The summed E-state index contributed by atoms with van der Waals surface area (Å²) in [7, 11) is -2.90. The fourth-order valence-corrected chi connectivity index (χ4v) is 1.86. The minimum atomic E-state index is -2.90. The summed E-state index contributed by atoms with van der Waals surface area (Å²) in [6, 6.07) is 0. The first kappa shape index (κ1) is 14.2. The molecule has 0 fully saturated rings. The van der Waals surface area contributed by atoms with Crippen molar-refractivity contribution in [1.29, 1.82) is 0 Å². The van der Waals surface area contributed by atoms with Gasteiger partial charge in [0.2, 0.25) is 0 Å². The minimum absolute atomic E-state index is 0.208. The first-order chi connectivity index (χ1) is 6.40. The zero-order valence-corrected chi connectivity index (χ0v) is 10.7. The van der Waals surface area contributed by atoms with E-state index in [-0.39, 0.29) is 11.0 Å². The Hall–Kier alpha value is 0.200. The summed E-state index contributed by atoms with van der Waals surface area (Å²) in [6.45, 7) is 6.73. The highest BCUT2D eigenvalue weighted by Gasteiger charge is 2.14. The van der Waals surface area contributed by atoms with Crippen LogP contribution in [-0.4, -0.2) is 38.4 Å². The molecule has 0 aromatic rings. The molecule has 0 bridgehead atoms. The van der Waals surface area contributed by atoms with E-state index in [9.17, 15) is 8.42 Å². The van der Waals surface area contributed by atoms with Gasteiger partial charge in [0.05, 0.1) is 11.0 Å². The lowest BCUT2D eigenvalue weighted by atomic mass is 10.2. The normalized spacial score (nSPS) is 14.6. The second-order valence-corrected chi connectivity index (χ2v) is 6.86. The zero-order valence-electron chi connectivity index (χ0n) is 9.09. The van der Waals surface area contributed by atoms with Crippen LogP contribution in [0.4, 0.5) is 0 Å². The van der Waals surface area contributed by atoms with Crippen LogP contribution in [-0.2, 0) is 9.84 Å². The summed E-state index contributed by atoms with van der Waals surface area (Å²) in [5.41, 5.74) is 0. The maximum absolute atomic E-state index is 11.4. The summed E-state index contributed by atoms with van der Waals surface area (Å²) in [5.74, 6) is 1.20. The molecule has 14 heavy (non-hydrogen) atoms. The third-order valence-corrected chi connectivity index (χ3v) is 4.77. The third-order valence-electron chi connectivity index (χ3n) is 2.04. The van der Waals surface area contributed by atoms with Gasteiger partial charge in [0, 0.05) is 12.4 Å². The molecule has 0 heterocycles. The molecule has 0 aliphatic heterocycles. The van der Waals surface area contributed by atoms with E-state index in [1.807, 2.05) is 6.92 Å². The number of hydrogen-bond acceptors (Lipinski definition) is 3. The van der Waals surface area contributed by atoms with E-state index in [0.717, 1.165) is 6.54 Å². The van der Waals surface area contributed by atoms with Crippen LogP contribution in [0.25, 0.3) is 0 Å². The topological polar surface area (TPSA) is 46.2 Å². The van der Waals surface area contributed by atoms with E-state index in [2.05, 4.69) is 5.32 Å². The summed E-state index contributed by atoms with van der Waals surface area (Å²) in [6.07, 6.45) is 0. The highest BCUT2D eigenvalue weighted by molar-refractivity contribution is 7.92. The number of rotatable bonds is 7.